The van der Waals surface area contributed by atoms with E-state index in [0.29, 0.717) is 0 Å². The van der Waals surface area contributed by atoms with Gasteiger partial charge in [0.2, 0.25) is 10.0 Å². The molecule has 2 aromatic rings. The smallest absolute Gasteiger partial charge is 0.233 e. The molecule has 3 rings (SSSR count). The predicted molar refractivity (Wildman–Crippen MR) is 132 cm³/mol. The highest BCUT2D eigenvalue weighted by Crippen LogP contribution is 2.32. The van der Waals surface area contributed by atoms with Crippen LogP contribution in [-0.2, 0) is 34.0 Å². The standard InChI is InChI=1S/C26H36F2N2O4S/c1-26(2,3)14-17-7-8-19-5-4-6-23(22(19)11-17)30-15-24(31)25(34-16-35(29,32)33)12-18-9-20(27)13-21(28)10-18/h7-11,13,23-25,30-31H,4-6,12,14-16H2,1-3H3,(H2,29,32,33). The summed E-state index contributed by atoms with van der Waals surface area (Å²) in [5.74, 6) is -2.33. The molecule has 0 saturated heterocycles. The second-order valence-electron chi connectivity index (χ2n) is 10.7. The maximum atomic E-state index is 13.7. The molecule has 0 amide bonds. The van der Waals surface area contributed by atoms with E-state index in [9.17, 15) is 22.3 Å². The van der Waals surface area contributed by atoms with Crippen LogP contribution in [0.5, 0.6) is 0 Å². The van der Waals surface area contributed by atoms with Crippen molar-refractivity contribution < 1.29 is 27.0 Å². The SMILES string of the molecule is CC(C)(C)Cc1ccc2c(c1)C(NCC(O)C(Cc1cc(F)cc(F)c1)OCS(N)(=O)=O)CCC2. The number of aryl methyl sites for hydroxylation is 1. The molecule has 1 aliphatic carbocycles. The summed E-state index contributed by atoms with van der Waals surface area (Å²) >= 11 is 0. The number of rotatable bonds is 10. The van der Waals surface area contributed by atoms with Gasteiger partial charge < -0.3 is 15.2 Å². The molecule has 0 aromatic heterocycles. The van der Waals surface area contributed by atoms with Crippen molar-refractivity contribution in [2.45, 2.75) is 71.1 Å². The highest BCUT2D eigenvalue weighted by molar-refractivity contribution is 7.88. The molecule has 4 N–H and O–H groups in total. The summed E-state index contributed by atoms with van der Waals surface area (Å²) in [6.45, 7) is 6.71. The van der Waals surface area contributed by atoms with Crippen molar-refractivity contribution in [3.63, 3.8) is 0 Å². The van der Waals surface area contributed by atoms with E-state index in [1.54, 1.807) is 0 Å². The number of aliphatic hydroxyl groups excluding tert-OH is 1. The third-order valence-electron chi connectivity index (χ3n) is 6.07. The molecule has 6 nitrogen and oxygen atoms in total. The van der Waals surface area contributed by atoms with Crippen molar-refractivity contribution in [1.82, 2.24) is 5.32 Å². The van der Waals surface area contributed by atoms with Gasteiger partial charge in [-0.1, -0.05) is 39.0 Å². The molecular formula is C26H36F2N2O4S. The van der Waals surface area contributed by atoms with Gasteiger partial charge in [-0.15, -0.1) is 0 Å². The van der Waals surface area contributed by atoms with Crippen LogP contribution in [0.1, 0.15) is 61.9 Å². The first kappa shape index (κ1) is 27.7. The molecule has 0 radical (unpaired) electrons. The number of aliphatic hydroxyl groups is 1. The molecule has 3 atom stereocenters. The largest absolute Gasteiger partial charge is 0.389 e. The Morgan fingerprint density at radius 2 is 1.83 bits per heavy atom. The fourth-order valence-electron chi connectivity index (χ4n) is 4.63. The van der Waals surface area contributed by atoms with Crippen molar-refractivity contribution in [2.24, 2.45) is 10.6 Å². The predicted octanol–water partition coefficient (Wildman–Crippen LogP) is 3.76. The molecule has 0 fully saturated rings. The van der Waals surface area contributed by atoms with Gasteiger partial charge in [-0.3, -0.25) is 0 Å². The van der Waals surface area contributed by atoms with Crippen LogP contribution in [0.25, 0.3) is 0 Å². The summed E-state index contributed by atoms with van der Waals surface area (Å²) in [7, 11) is -3.96. The molecule has 35 heavy (non-hydrogen) atoms. The topological polar surface area (TPSA) is 102 Å². The fourth-order valence-corrected chi connectivity index (χ4v) is 4.99. The summed E-state index contributed by atoms with van der Waals surface area (Å²) in [4.78, 5) is 0. The number of nitrogens with one attached hydrogen (secondary N) is 1. The lowest BCUT2D eigenvalue weighted by atomic mass is 9.82. The van der Waals surface area contributed by atoms with Crippen LogP contribution in [0.3, 0.4) is 0 Å². The van der Waals surface area contributed by atoms with Crippen molar-refractivity contribution in [3.05, 3.63) is 70.3 Å². The molecule has 1 aliphatic rings. The first-order chi connectivity index (χ1) is 16.3. The number of hydrogen-bond acceptors (Lipinski definition) is 5. The number of primary sulfonamides is 1. The van der Waals surface area contributed by atoms with Crippen LogP contribution in [0.4, 0.5) is 8.78 Å². The zero-order valence-electron chi connectivity index (χ0n) is 20.6. The van der Waals surface area contributed by atoms with Gasteiger partial charge in [0.1, 0.15) is 11.6 Å². The number of hydrogen-bond donors (Lipinski definition) is 3. The van der Waals surface area contributed by atoms with E-state index in [-0.39, 0.29) is 30.0 Å². The number of benzene rings is 2. The van der Waals surface area contributed by atoms with E-state index < -0.39 is 39.8 Å². The lowest BCUT2D eigenvalue weighted by Crippen LogP contribution is -2.42. The number of nitrogens with two attached hydrogens (primary N) is 1. The van der Waals surface area contributed by atoms with Gasteiger partial charge >= 0.3 is 0 Å². The average molecular weight is 511 g/mol. The van der Waals surface area contributed by atoms with E-state index in [2.05, 4.69) is 44.3 Å². The van der Waals surface area contributed by atoms with Crippen LogP contribution in [0.2, 0.25) is 0 Å². The monoisotopic (exact) mass is 510 g/mol. The van der Waals surface area contributed by atoms with Crippen LogP contribution >= 0.6 is 0 Å². The molecule has 0 heterocycles. The minimum Gasteiger partial charge on any atom is -0.389 e. The van der Waals surface area contributed by atoms with Crippen LogP contribution in [-0.4, -0.2) is 38.2 Å². The van der Waals surface area contributed by atoms with Crippen LogP contribution < -0.4 is 10.5 Å². The Kier molecular flexibility index (Phi) is 9.04. The summed E-state index contributed by atoms with van der Waals surface area (Å²) in [5, 5.41) is 19.3. The molecule has 3 unspecified atom stereocenters. The molecular weight excluding hydrogens is 474 g/mol. The number of ether oxygens (including phenoxy) is 1. The fraction of sp³-hybridized carbons (Fsp3) is 0.538. The first-order valence-corrected chi connectivity index (χ1v) is 13.6. The molecule has 2 aromatic carbocycles. The zero-order chi connectivity index (χ0) is 25.8. The number of halogens is 2. The summed E-state index contributed by atoms with van der Waals surface area (Å²) in [6.07, 6.45) is 1.61. The minimum atomic E-state index is -3.96. The second-order valence-corrected chi connectivity index (χ2v) is 12.2. The zero-order valence-corrected chi connectivity index (χ0v) is 21.4. The van der Waals surface area contributed by atoms with Crippen LogP contribution in [0.15, 0.2) is 36.4 Å². The van der Waals surface area contributed by atoms with Crippen molar-refractivity contribution in [3.8, 4) is 0 Å². The quantitative estimate of drug-likeness (QED) is 0.452. The van der Waals surface area contributed by atoms with Crippen LogP contribution in [0, 0.1) is 17.0 Å². The highest BCUT2D eigenvalue weighted by atomic mass is 32.2. The lowest BCUT2D eigenvalue weighted by molar-refractivity contribution is -0.0196. The first-order valence-electron chi connectivity index (χ1n) is 11.9. The van der Waals surface area contributed by atoms with Crippen molar-refractivity contribution in [2.75, 3.05) is 12.5 Å². The Morgan fingerprint density at radius 3 is 2.46 bits per heavy atom. The van der Waals surface area contributed by atoms with Crippen molar-refractivity contribution >= 4 is 10.0 Å². The molecule has 194 valence electrons. The maximum absolute atomic E-state index is 13.7. The second kappa shape index (κ2) is 11.4. The highest BCUT2D eigenvalue weighted by Gasteiger charge is 2.26. The summed E-state index contributed by atoms with van der Waals surface area (Å²) in [5.41, 5.74) is 4.15. The lowest BCUT2D eigenvalue weighted by Gasteiger charge is -2.30. The molecule has 0 saturated carbocycles. The minimum absolute atomic E-state index is 0.0267. The molecule has 0 aliphatic heterocycles. The summed E-state index contributed by atoms with van der Waals surface area (Å²) < 4.78 is 55.5. The Balaban J connectivity index is 1.73. The molecule has 0 spiro atoms. The molecule has 9 heteroatoms. The third-order valence-corrected chi connectivity index (χ3v) is 6.53. The van der Waals surface area contributed by atoms with Gasteiger partial charge in [-0.05, 0) is 65.5 Å². The normalized spacial score (nSPS) is 18.2. The third kappa shape index (κ3) is 8.91. The molecule has 0 bridgehead atoms. The van der Waals surface area contributed by atoms with E-state index in [4.69, 9.17) is 9.88 Å². The average Bonchev–Trinajstić information content (AvgIpc) is 2.72. The van der Waals surface area contributed by atoms with E-state index in [1.807, 2.05) is 0 Å². The maximum Gasteiger partial charge on any atom is 0.233 e. The van der Waals surface area contributed by atoms with E-state index in [0.717, 1.165) is 43.9 Å². The van der Waals surface area contributed by atoms with Gasteiger partial charge in [0.15, 0.2) is 5.94 Å². The van der Waals surface area contributed by atoms with Crippen molar-refractivity contribution in [1.29, 1.82) is 0 Å². The number of sulfonamides is 1. The Labute approximate surface area is 206 Å². The van der Waals surface area contributed by atoms with Gasteiger partial charge in [-0.2, -0.15) is 0 Å². The Morgan fingerprint density at radius 1 is 1.14 bits per heavy atom. The Hall–Kier alpha value is -1.91. The van der Waals surface area contributed by atoms with Gasteiger partial charge in [0.05, 0.1) is 12.2 Å². The van der Waals surface area contributed by atoms with Gasteiger partial charge in [-0.25, -0.2) is 22.3 Å². The summed E-state index contributed by atoms with van der Waals surface area (Å²) in [6, 6.07) is 9.62. The Bertz CT molecular complexity index is 1100. The van der Waals surface area contributed by atoms with Gasteiger partial charge in [0, 0.05) is 25.1 Å². The van der Waals surface area contributed by atoms with E-state index in [1.165, 1.54) is 16.7 Å². The number of fused-ring (bicyclic) bond motifs is 1. The van der Waals surface area contributed by atoms with E-state index >= 15 is 0 Å². The van der Waals surface area contributed by atoms with Gasteiger partial charge in [0.25, 0.3) is 0 Å².